The van der Waals surface area contributed by atoms with E-state index in [2.05, 4.69) is 21.4 Å². The van der Waals surface area contributed by atoms with E-state index in [-0.39, 0.29) is 12.4 Å². The first-order chi connectivity index (χ1) is 17.1. The molecule has 0 aliphatic rings. The lowest BCUT2D eigenvalue weighted by molar-refractivity contribution is 0.306. The number of aromatic nitrogens is 2. The first-order valence-corrected chi connectivity index (χ1v) is 11.3. The normalized spacial score (nSPS) is 10.8. The lowest BCUT2D eigenvalue weighted by Gasteiger charge is -2.12. The Bertz CT molecular complexity index is 1490. The minimum Gasteiger partial charge on any atom is -0.497 e. The molecule has 0 aliphatic heterocycles. The predicted molar refractivity (Wildman–Crippen MR) is 137 cm³/mol. The number of nitrogens with zero attached hydrogens (tertiary/aromatic N) is 2. The van der Waals surface area contributed by atoms with Crippen molar-refractivity contribution in [3.05, 3.63) is 108 Å². The molecular weight excluding hydrogens is 465 g/mol. The highest BCUT2D eigenvalue weighted by atomic mass is 35.5. The van der Waals surface area contributed by atoms with Gasteiger partial charge in [0.15, 0.2) is 0 Å². The molecule has 0 saturated carbocycles. The van der Waals surface area contributed by atoms with Crippen LogP contribution in [0, 0.1) is 5.82 Å². The Balaban J connectivity index is 1.38. The third-order valence-corrected chi connectivity index (χ3v) is 5.83. The van der Waals surface area contributed by atoms with E-state index in [1.165, 1.54) is 18.5 Å². The van der Waals surface area contributed by atoms with Crippen LogP contribution in [0.1, 0.15) is 5.56 Å². The van der Waals surface area contributed by atoms with Crippen LogP contribution in [0.15, 0.2) is 91.3 Å². The van der Waals surface area contributed by atoms with Crippen LogP contribution < -0.4 is 14.8 Å². The summed E-state index contributed by atoms with van der Waals surface area (Å²) in [5, 5.41) is 4.64. The minimum absolute atomic E-state index is 0.217. The molecule has 7 heteroatoms. The zero-order valence-electron chi connectivity index (χ0n) is 18.8. The number of fused-ring (bicyclic) bond motifs is 1. The highest BCUT2D eigenvalue weighted by Crippen LogP contribution is 2.32. The number of hydrogen-bond acceptors (Lipinski definition) is 5. The number of halogens is 2. The summed E-state index contributed by atoms with van der Waals surface area (Å²) in [4.78, 5) is 8.84. The number of benzene rings is 4. The van der Waals surface area contributed by atoms with Gasteiger partial charge in [-0.2, -0.15) is 0 Å². The van der Waals surface area contributed by atoms with Gasteiger partial charge in [0, 0.05) is 11.1 Å². The zero-order valence-corrected chi connectivity index (χ0v) is 19.6. The summed E-state index contributed by atoms with van der Waals surface area (Å²) < 4.78 is 24.4. The van der Waals surface area contributed by atoms with Gasteiger partial charge < -0.3 is 14.8 Å². The molecule has 0 saturated heterocycles. The van der Waals surface area contributed by atoms with Crippen LogP contribution in [0.4, 0.5) is 15.9 Å². The van der Waals surface area contributed by atoms with E-state index in [0.29, 0.717) is 16.6 Å². The molecule has 5 rings (SSSR count). The number of methoxy groups -OCH3 is 1. The fraction of sp³-hybridized carbons (Fsp3) is 0.0714. The van der Waals surface area contributed by atoms with E-state index in [1.54, 1.807) is 31.4 Å². The van der Waals surface area contributed by atoms with Gasteiger partial charge in [0.25, 0.3) is 0 Å². The van der Waals surface area contributed by atoms with Crippen LogP contribution in [0.5, 0.6) is 11.5 Å². The molecule has 0 unspecified atom stereocenters. The summed E-state index contributed by atoms with van der Waals surface area (Å²) in [6.45, 7) is 0.217. The largest absolute Gasteiger partial charge is 0.497 e. The fourth-order valence-corrected chi connectivity index (χ4v) is 3.97. The Morgan fingerprint density at radius 2 is 1.71 bits per heavy atom. The molecule has 0 spiro atoms. The fourth-order valence-electron chi connectivity index (χ4n) is 3.74. The van der Waals surface area contributed by atoms with E-state index >= 15 is 0 Å². The molecule has 0 bridgehead atoms. The molecule has 0 fully saturated rings. The second kappa shape index (κ2) is 9.99. The summed E-state index contributed by atoms with van der Waals surface area (Å²) in [5.41, 5.74) is 4.40. The van der Waals surface area contributed by atoms with Gasteiger partial charge in [-0.15, -0.1) is 0 Å². The lowest BCUT2D eigenvalue weighted by Crippen LogP contribution is -1.99. The first kappa shape index (κ1) is 22.6. The summed E-state index contributed by atoms with van der Waals surface area (Å²) in [6.07, 6.45) is 1.52. The van der Waals surface area contributed by atoms with Gasteiger partial charge in [-0.1, -0.05) is 41.9 Å². The summed E-state index contributed by atoms with van der Waals surface area (Å²) in [6, 6.07) is 25.6. The quantitative estimate of drug-likeness (QED) is 0.260. The first-order valence-electron chi connectivity index (χ1n) is 10.9. The zero-order chi connectivity index (χ0) is 24.2. The predicted octanol–water partition coefficient (Wildman–Crippen LogP) is 7.42. The van der Waals surface area contributed by atoms with E-state index in [9.17, 15) is 4.39 Å². The molecule has 1 N–H and O–H groups in total. The molecule has 5 nitrogen and oxygen atoms in total. The maximum Gasteiger partial charge on any atom is 0.141 e. The molecule has 0 aliphatic carbocycles. The van der Waals surface area contributed by atoms with Crippen LogP contribution in [0.2, 0.25) is 5.02 Å². The molecular formula is C28H21ClFN3O2. The van der Waals surface area contributed by atoms with Crippen LogP contribution >= 0.6 is 11.6 Å². The molecule has 4 aromatic carbocycles. The van der Waals surface area contributed by atoms with Crippen LogP contribution in [-0.4, -0.2) is 17.1 Å². The van der Waals surface area contributed by atoms with Gasteiger partial charge in [-0.05, 0) is 71.3 Å². The standard InChI is InChI=1S/C28H21ClFN3O2/c1-34-23-9-5-19(6-10-23)20-7-11-26-24(14-20)28(32-17-31-26)33-22-8-12-27(25(29)15-22)35-16-18-3-2-4-21(30)13-18/h2-15,17H,16H2,1H3,(H,31,32,33). The van der Waals surface area contributed by atoms with Crippen molar-refractivity contribution in [3.63, 3.8) is 0 Å². The number of hydrogen-bond donors (Lipinski definition) is 1. The molecule has 0 atom stereocenters. The molecule has 5 aromatic rings. The van der Waals surface area contributed by atoms with Crippen LogP contribution in [0.3, 0.4) is 0 Å². The third-order valence-electron chi connectivity index (χ3n) is 5.54. The average Bonchev–Trinajstić information content (AvgIpc) is 2.88. The molecule has 1 heterocycles. The SMILES string of the molecule is COc1ccc(-c2ccc3ncnc(Nc4ccc(OCc5cccc(F)c5)c(Cl)c4)c3c2)cc1. The summed E-state index contributed by atoms with van der Waals surface area (Å²) in [7, 11) is 1.65. The molecule has 1 aromatic heterocycles. The highest BCUT2D eigenvalue weighted by molar-refractivity contribution is 6.32. The van der Waals surface area contributed by atoms with Gasteiger partial charge in [-0.25, -0.2) is 14.4 Å². The van der Waals surface area contributed by atoms with Crippen LogP contribution in [0.25, 0.3) is 22.0 Å². The Morgan fingerprint density at radius 3 is 2.49 bits per heavy atom. The van der Waals surface area contributed by atoms with Crippen molar-refractivity contribution in [2.75, 3.05) is 12.4 Å². The topological polar surface area (TPSA) is 56.3 Å². The highest BCUT2D eigenvalue weighted by Gasteiger charge is 2.09. The van der Waals surface area contributed by atoms with E-state index in [1.807, 2.05) is 42.5 Å². The number of nitrogens with one attached hydrogen (secondary N) is 1. The smallest absolute Gasteiger partial charge is 0.141 e. The van der Waals surface area contributed by atoms with Crippen molar-refractivity contribution in [3.8, 4) is 22.6 Å². The summed E-state index contributed by atoms with van der Waals surface area (Å²) >= 11 is 6.46. The van der Waals surface area contributed by atoms with Crippen LogP contribution in [-0.2, 0) is 6.61 Å². The Kier molecular flexibility index (Phi) is 6.46. The average molecular weight is 486 g/mol. The van der Waals surface area contributed by atoms with Crippen molar-refractivity contribution in [2.24, 2.45) is 0 Å². The maximum atomic E-state index is 13.4. The molecule has 0 amide bonds. The monoisotopic (exact) mass is 485 g/mol. The van der Waals surface area contributed by atoms with E-state index in [4.69, 9.17) is 21.1 Å². The lowest BCUT2D eigenvalue weighted by atomic mass is 10.0. The number of ether oxygens (including phenoxy) is 2. The minimum atomic E-state index is -0.302. The number of anilines is 2. The van der Waals surface area contributed by atoms with Gasteiger partial charge in [0.1, 0.15) is 36.1 Å². The van der Waals surface area contributed by atoms with Crippen molar-refractivity contribution >= 4 is 34.0 Å². The summed E-state index contributed by atoms with van der Waals surface area (Å²) in [5.74, 6) is 1.68. The van der Waals surface area contributed by atoms with Gasteiger partial charge in [0.05, 0.1) is 17.6 Å². The molecule has 0 radical (unpaired) electrons. The number of rotatable bonds is 7. The maximum absolute atomic E-state index is 13.4. The Labute approximate surface area is 207 Å². The van der Waals surface area contributed by atoms with Gasteiger partial charge >= 0.3 is 0 Å². The van der Waals surface area contributed by atoms with Crippen molar-refractivity contribution < 1.29 is 13.9 Å². The second-order valence-corrected chi connectivity index (χ2v) is 8.28. The van der Waals surface area contributed by atoms with Crippen molar-refractivity contribution in [1.29, 1.82) is 0 Å². The van der Waals surface area contributed by atoms with Crippen molar-refractivity contribution in [1.82, 2.24) is 9.97 Å². The second-order valence-electron chi connectivity index (χ2n) is 7.87. The van der Waals surface area contributed by atoms with Gasteiger partial charge in [-0.3, -0.25) is 0 Å². The third kappa shape index (κ3) is 5.18. The van der Waals surface area contributed by atoms with E-state index < -0.39 is 0 Å². The van der Waals surface area contributed by atoms with E-state index in [0.717, 1.165) is 39.0 Å². The van der Waals surface area contributed by atoms with Gasteiger partial charge in [0.2, 0.25) is 0 Å². The Hall–Kier alpha value is -4.16. The molecule has 174 valence electrons. The van der Waals surface area contributed by atoms with Crippen molar-refractivity contribution in [2.45, 2.75) is 6.61 Å². The molecule has 35 heavy (non-hydrogen) atoms. The Morgan fingerprint density at radius 1 is 0.886 bits per heavy atom.